The molecule has 1 aliphatic heterocycles. The van der Waals surface area contributed by atoms with Crippen LogP contribution < -0.4 is 5.32 Å². The molecule has 0 aliphatic carbocycles. The molecular weight excluding hydrogens is 118 g/mol. The Morgan fingerprint density at radius 1 is 1.78 bits per heavy atom. The van der Waals surface area contributed by atoms with Gasteiger partial charge in [0, 0.05) is 18.3 Å². The Balaban J connectivity index is 2.49. The fourth-order valence-corrected chi connectivity index (χ4v) is 0.888. The summed E-state index contributed by atoms with van der Waals surface area (Å²) in [5, 5.41) is 11.2. The molecule has 0 spiro atoms. The number of hydrogen-bond acceptors (Lipinski definition) is 2. The van der Waals surface area contributed by atoms with Gasteiger partial charge in [0.1, 0.15) is 0 Å². The summed E-state index contributed by atoms with van der Waals surface area (Å²) in [6.45, 7) is 0.916. The SMILES string of the molecule is O=C(O)/C=C1/CCCN1. The van der Waals surface area contributed by atoms with Crippen molar-refractivity contribution in [1.82, 2.24) is 5.32 Å². The van der Waals surface area contributed by atoms with Crippen molar-refractivity contribution in [2.45, 2.75) is 12.8 Å². The molecule has 1 saturated heterocycles. The molecule has 0 unspecified atom stereocenters. The van der Waals surface area contributed by atoms with Crippen LogP contribution in [0.3, 0.4) is 0 Å². The molecule has 9 heavy (non-hydrogen) atoms. The topological polar surface area (TPSA) is 49.3 Å². The largest absolute Gasteiger partial charge is 0.478 e. The van der Waals surface area contributed by atoms with Crippen molar-refractivity contribution in [2.24, 2.45) is 0 Å². The molecule has 1 rings (SSSR count). The Morgan fingerprint density at radius 2 is 2.56 bits per heavy atom. The molecular formula is C6H9NO2. The number of hydrogen-bond donors (Lipinski definition) is 2. The average molecular weight is 127 g/mol. The average Bonchev–Trinajstić information content (AvgIpc) is 2.15. The van der Waals surface area contributed by atoms with E-state index >= 15 is 0 Å². The second kappa shape index (κ2) is 2.53. The van der Waals surface area contributed by atoms with E-state index in [-0.39, 0.29) is 0 Å². The zero-order valence-corrected chi connectivity index (χ0v) is 5.05. The van der Waals surface area contributed by atoms with E-state index in [1.807, 2.05) is 0 Å². The summed E-state index contributed by atoms with van der Waals surface area (Å²) in [7, 11) is 0. The van der Waals surface area contributed by atoms with E-state index < -0.39 is 5.97 Å². The van der Waals surface area contributed by atoms with Gasteiger partial charge in [-0.05, 0) is 12.8 Å². The second-order valence-electron chi connectivity index (χ2n) is 2.04. The predicted molar refractivity (Wildman–Crippen MR) is 33.0 cm³/mol. The van der Waals surface area contributed by atoms with Crippen LogP contribution in [-0.4, -0.2) is 17.6 Å². The first kappa shape index (κ1) is 6.13. The molecule has 0 saturated carbocycles. The predicted octanol–water partition coefficient (Wildman–Crippen LogP) is 0.338. The van der Waals surface area contributed by atoms with E-state index in [2.05, 4.69) is 5.32 Å². The lowest BCUT2D eigenvalue weighted by Crippen LogP contribution is -2.05. The van der Waals surface area contributed by atoms with Crippen LogP contribution in [0.4, 0.5) is 0 Å². The van der Waals surface area contributed by atoms with Gasteiger partial charge in [-0.1, -0.05) is 0 Å². The highest BCUT2D eigenvalue weighted by atomic mass is 16.4. The molecule has 0 radical (unpaired) electrons. The summed E-state index contributed by atoms with van der Waals surface area (Å²) >= 11 is 0. The van der Waals surface area contributed by atoms with Crippen LogP contribution in [0.1, 0.15) is 12.8 Å². The highest BCUT2D eigenvalue weighted by Crippen LogP contribution is 2.07. The monoisotopic (exact) mass is 127 g/mol. The standard InChI is InChI=1S/C6H9NO2/c8-6(9)4-5-2-1-3-7-5/h4,7H,1-3H2,(H,8,9)/b5-4-. The molecule has 3 nitrogen and oxygen atoms in total. The highest BCUT2D eigenvalue weighted by Gasteiger charge is 2.05. The van der Waals surface area contributed by atoms with Crippen LogP contribution in [0.15, 0.2) is 11.8 Å². The van der Waals surface area contributed by atoms with Crippen LogP contribution in [0.2, 0.25) is 0 Å². The van der Waals surface area contributed by atoms with Crippen LogP contribution in [0.25, 0.3) is 0 Å². The molecule has 3 heteroatoms. The Labute approximate surface area is 53.4 Å². The van der Waals surface area contributed by atoms with Crippen molar-refractivity contribution in [3.05, 3.63) is 11.8 Å². The fourth-order valence-electron chi connectivity index (χ4n) is 0.888. The number of rotatable bonds is 1. The zero-order valence-electron chi connectivity index (χ0n) is 5.05. The molecule has 0 aromatic carbocycles. The molecule has 0 aromatic heterocycles. The third-order valence-electron chi connectivity index (χ3n) is 1.27. The Bertz CT molecular complexity index is 143. The summed E-state index contributed by atoms with van der Waals surface area (Å²) in [6.07, 6.45) is 3.17. The van der Waals surface area contributed by atoms with Crippen LogP contribution in [0, 0.1) is 0 Å². The first-order valence-electron chi connectivity index (χ1n) is 2.96. The summed E-state index contributed by atoms with van der Waals surface area (Å²) < 4.78 is 0. The molecule has 0 amide bonds. The fraction of sp³-hybridized carbons (Fsp3) is 0.500. The van der Waals surface area contributed by atoms with Crippen molar-refractivity contribution < 1.29 is 9.90 Å². The number of carboxylic acid groups (broad SMARTS) is 1. The molecule has 1 aliphatic rings. The Hall–Kier alpha value is -0.990. The van der Waals surface area contributed by atoms with E-state index in [0.717, 1.165) is 25.1 Å². The van der Waals surface area contributed by atoms with E-state index in [1.54, 1.807) is 0 Å². The van der Waals surface area contributed by atoms with Crippen LogP contribution in [0.5, 0.6) is 0 Å². The van der Waals surface area contributed by atoms with E-state index in [1.165, 1.54) is 6.08 Å². The maximum Gasteiger partial charge on any atom is 0.330 e. The summed E-state index contributed by atoms with van der Waals surface area (Å²) in [5.74, 6) is -0.862. The zero-order chi connectivity index (χ0) is 6.69. The quantitative estimate of drug-likeness (QED) is 0.499. The minimum atomic E-state index is -0.862. The number of allylic oxidation sites excluding steroid dienone is 1. The second-order valence-corrected chi connectivity index (χ2v) is 2.04. The van der Waals surface area contributed by atoms with Gasteiger partial charge in [-0.3, -0.25) is 0 Å². The van der Waals surface area contributed by atoms with Gasteiger partial charge in [0.05, 0.1) is 0 Å². The first-order valence-corrected chi connectivity index (χ1v) is 2.96. The number of nitrogens with one attached hydrogen (secondary N) is 1. The lowest BCUT2D eigenvalue weighted by molar-refractivity contribution is -0.131. The van der Waals surface area contributed by atoms with Crippen molar-refractivity contribution in [1.29, 1.82) is 0 Å². The van der Waals surface area contributed by atoms with Gasteiger partial charge >= 0.3 is 5.97 Å². The molecule has 1 heterocycles. The summed E-state index contributed by atoms with van der Waals surface area (Å²) in [4.78, 5) is 10.0. The lowest BCUT2D eigenvalue weighted by Gasteiger charge is -1.92. The summed E-state index contributed by atoms with van der Waals surface area (Å²) in [6, 6.07) is 0. The Kier molecular flexibility index (Phi) is 1.72. The normalized spacial score (nSPS) is 22.0. The maximum absolute atomic E-state index is 10.0. The smallest absolute Gasteiger partial charge is 0.330 e. The summed E-state index contributed by atoms with van der Waals surface area (Å²) in [5.41, 5.74) is 0.850. The molecule has 0 bridgehead atoms. The number of aliphatic carboxylic acids is 1. The van der Waals surface area contributed by atoms with Crippen molar-refractivity contribution in [3.63, 3.8) is 0 Å². The molecule has 0 aromatic rings. The van der Waals surface area contributed by atoms with Crippen molar-refractivity contribution >= 4 is 5.97 Å². The number of carboxylic acids is 1. The first-order chi connectivity index (χ1) is 4.29. The highest BCUT2D eigenvalue weighted by molar-refractivity contribution is 5.80. The van der Waals surface area contributed by atoms with Gasteiger partial charge in [0.15, 0.2) is 0 Å². The molecule has 2 N–H and O–H groups in total. The van der Waals surface area contributed by atoms with Gasteiger partial charge in [-0.2, -0.15) is 0 Å². The minimum absolute atomic E-state index is 0.850. The lowest BCUT2D eigenvalue weighted by atomic mass is 10.3. The minimum Gasteiger partial charge on any atom is -0.478 e. The van der Waals surface area contributed by atoms with E-state index in [9.17, 15) is 4.79 Å². The third-order valence-corrected chi connectivity index (χ3v) is 1.27. The third kappa shape index (κ3) is 1.76. The molecule has 50 valence electrons. The van der Waals surface area contributed by atoms with Gasteiger partial charge in [-0.15, -0.1) is 0 Å². The van der Waals surface area contributed by atoms with Crippen LogP contribution in [-0.2, 0) is 4.79 Å². The Morgan fingerprint density at radius 3 is 3.00 bits per heavy atom. The van der Waals surface area contributed by atoms with Gasteiger partial charge in [-0.25, -0.2) is 4.79 Å². The molecule has 0 atom stereocenters. The van der Waals surface area contributed by atoms with Gasteiger partial charge in [0.2, 0.25) is 0 Å². The van der Waals surface area contributed by atoms with E-state index in [4.69, 9.17) is 5.11 Å². The van der Waals surface area contributed by atoms with Crippen molar-refractivity contribution in [3.8, 4) is 0 Å². The maximum atomic E-state index is 10.0. The van der Waals surface area contributed by atoms with E-state index in [0.29, 0.717) is 0 Å². The van der Waals surface area contributed by atoms with Crippen LogP contribution >= 0.6 is 0 Å². The van der Waals surface area contributed by atoms with Gasteiger partial charge in [0.25, 0.3) is 0 Å². The van der Waals surface area contributed by atoms with Gasteiger partial charge < -0.3 is 10.4 Å². The number of carbonyl (C=O) groups is 1. The van der Waals surface area contributed by atoms with Crippen molar-refractivity contribution in [2.75, 3.05) is 6.54 Å². The molecule has 1 fully saturated rings.